The number of unbranched alkanes of at least 4 members (excludes halogenated alkanes) is 1. The Balaban J connectivity index is 1.34. The monoisotopic (exact) mass is 444 g/mol. The summed E-state index contributed by atoms with van der Waals surface area (Å²) in [6, 6.07) is 18.7. The van der Waals surface area contributed by atoms with Crippen molar-refractivity contribution in [2.24, 2.45) is 11.3 Å². The summed E-state index contributed by atoms with van der Waals surface area (Å²) in [6.07, 6.45) is 17.4. The van der Waals surface area contributed by atoms with Gasteiger partial charge in [0, 0.05) is 5.41 Å². The first-order valence-corrected chi connectivity index (χ1v) is 13.8. The second-order valence-electron chi connectivity index (χ2n) is 11.1. The molecule has 1 heteroatoms. The average molecular weight is 445 g/mol. The van der Waals surface area contributed by atoms with Crippen LogP contribution in [0.15, 0.2) is 48.5 Å². The number of benzene rings is 2. The van der Waals surface area contributed by atoms with Gasteiger partial charge in [0.25, 0.3) is 0 Å². The predicted octanol–water partition coefficient (Wildman–Crippen LogP) is 9.46. The minimum atomic E-state index is -0.0383. The van der Waals surface area contributed by atoms with E-state index in [-0.39, 0.29) is 5.41 Å². The lowest BCUT2D eigenvalue weighted by Crippen LogP contribution is -2.28. The second-order valence-corrected chi connectivity index (χ2v) is 11.1. The van der Waals surface area contributed by atoms with Gasteiger partial charge in [-0.25, -0.2) is 0 Å². The Labute approximate surface area is 202 Å². The molecule has 0 aliphatic heterocycles. The van der Waals surface area contributed by atoms with Crippen LogP contribution < -0.4 is 0 Å². The van der Waals surface area contributed by atoms with Gasteiger partial charge in [-0.2, -0.15) is 0 Å². The largest absolute Gasteiger partial charge is 0.303 e. The number of aldehydes is 1. The zero-order valence-electron chi connectivity index (χ0n) is 21.0. The maximum Gasteiger partial charge on any atom is 0.126 e. The van der Waals surface area contributed by atoms with Gasteiger partial charge in [0.15, 0.2) is 0 Å². The molecule has 33 heavy (non-hydrogen) atoms. The Morgan fingerprint density at radius 3 is 1.70 bits per heavy atom. The van der Waals surface area contributed by atoms with Crippen LogP contribution in [0.5, 0.6) is 0 Å². The maximum atomic E-state index is 11.8. The fourth-order valence-electron chi connectivity index (χ4n) is 6.57. The van der Waals surface area contributed by atoms with Crippen LogP contribution in [-0.4, -0.2) is 6.29 Å². The molecule has 0 bridgehead atoms. The molecule has 0 atom stereocenters. The van der Waals surface area contributed by atoms with Gasteiger partial charge in [0.05, 0.1) is 0 Å². The first kappa shape index (κ1) is 24.2. The first-order chi connectivity index (χ1) is 16.2. The van der Waals surface area contributed by atoms with Crippen LogP contribution in [-0.2, 0) is 4.79 Å². The lowest BCUT2D eigenvalue weighted by Gasteiger charge is -2.36. The van der Waals surface area contributed by atoms with Gasteiger partial charge in [-0.05, 0) is 97.8 Å². The van der Waals surface area contributed by atoms with E-state index < -0.39 is 0 Å². The maximum absolute atomic E-state index is 11.8. The number of carbonyl (C=O) groups excluding carboxylic acids is 1. The number of rotatable bonds is 9. The molecule has 0 aromatic heterocycles. The Morgan fingerprint density at radius 1 is 0.727 bits per heavy atom. The molecule has 0 spiro atoms. The van der Waals surface area contributed by atoms with Crippen molar-refractivity contribution < 1.29 is 4.79 Å². The van der Waals surface area contributed by atoms with Gasteiger partial charge in [-0.1, -0.05) is 88.1 Å². The standard InChI is InChI=1S/C32H44O/c1-3-5-21-32(24-33)22-19-31(20-23-32)30-17-15-29(16-18-30)28-13-11-27(12-14-28)26-9-7-25(6-4-2)8-10-26/h11-18,24-26,31H,3-10,19-23H2,1-2H3. The molecule has 2 fully saturated rings. The summed E-state index contributed by atoms with van der Waals surface area (Å²) in [4.78, 5) is 11.8. The summed E-state index contributed by atoms with van der Waals surface area (Å²) in [5.41, 5.74) is 5.60. The molecule has 2 saturated carbocycles. The van der Waals surface area contributed by atoms with Crippen LogP contribution in [0.3, 0.4) is 0 Å². The highest BCUT2D eigenvalue weighted by atomic mass is 16.1. The van der Waals surface area contributed by atoms with Gasteiger partial charge in [-0.15, -0.1) is 0 Å². The molecule has 2 aromatic carbocycles. The van der Waals surface area contributed by atoms with Crippen molar-refractivity contribution in [3.63, 3.8) is 0 Å². The number of hydrogen-bond donors (Lipinski definition) is 0. The normalized spacial score (nSPS) is 27.9. The third-order valence-corrected chi connectivity index (χ3v) is 8.90. The smallest absolute Gasteiger partial charge is 0.126 e. The van der Waals surface area contributed by atoms with Gasteiger partial charge in [-0.3, -0.25) is 0 Å². The summed E-state index contributed by atoms with van der Waals surface area (Å²) < 4.78 is 0. The minimum Gasteiger partial charge on any atom is -0.303 e. The molecule has 0 saturated heterocycles. The molecule has 0 heterocycles. The third-order valence-electron chi connectivity index (χ3n) is 8.90. The molecule has 0 N–H and O–H groups in total. The molecule has 4 rings (SSSR count). The summed E-state index contributed by atoms with van der Waals surface area (Å²) in [5.74, 6) is 2.34. The highest BCUT2D eigenvalue weighted by Crippen LogP contribution is 2.45. The van der Waals surface area contributed by atoms with Crippen LogP contribution in [0.25, 0.3) is 11.1 Å². The average Bonchev–Trinajstić information content (AvgIpc) is 2.89. The van der Waals surface area contributed by atoms with Crippen LogP contribution >= 0.6 is 0 Å². The van der Waals surface area contributed by atoms with Gasteiger partial charge in [0.2, 0.25) is 0 Å². The third kappa shape index (κ3) is 5.97. The Bertz CT molecular complexity index is 846. The highest BCUT2D eigenvalue weighted by Gasteiger charge is 2.34. The molecule has 0 unspecified atom stereocenters. The van der Waals surface area contributed by atoms with Gasteiger partial charge >= 0.3 is 0 Å². The molecule has 2 aromatic rings. The van der Waals surface area contributed by atoms with Crippen LogP contribution in [0.1, 0.15) is 120 Å². The zero-order chi connectivity index (χ0) is 23.1. The topological polar surface area (TPSA) is 17.1 Å². The van der Waals surface area contributed by atoms with Crippen molar-refractivity contribution in [3.8, 4) is 11.1 Å². The molecule has 0 amide bonds. The quantitative estimate of drug-likeness (QED) is 0.352. The first-order valence-electron chi connectivity index (χ1n) is 13.8. The molecule has 2 aliphatic carbocycles. The van der Waals surface area contributed by atoms with Crippen molar-refractivity contribution in [2.75, 3.05) is 0 Å². The van der Waals surface area contributed by atoms with Crippen LogP contribution in [0.4, 0.5) is 0 Å². The van der Waals surface area contributed by atoms with Crippen molar-refractivity contribution in [2.45, 2.75) is 109 Å². The molecule has 2 aliphatic rings. The lowest BCUT2D eigenvalue weighted by atomic mass is 9.67. The van der Waals surface area contributed by atoms with Crippen molar-refractivity contribution in [1.82, 2.24) is 0 Å². The van der Waals surface area contributed by atoms with E-state index in [9.17, 15) is 4.79 Å². The number of carbonyl (C=O) groups is 1. The van der Waals surface area contributed by atoms with E-state index in [2.05, 4.69) is 62.4 Å². The van der Waals surface area contributed by atoms with E-state index in [1.165, 1.54) is 79.9 Å². The van der Waals surface area contributed by atoms with Crippen LogP contribution in [0.2, 0.25) is 0 Å². The molecule has 178 valence electrons. The fraction of sp³-hybridized carbons (Fsp3) is 0.594. The second kappa shape index (κ2) is 11.5. The molecular formula is C32H44O. The lowest BCUT2D eigenvalue weighted by molar-refractivity contribution is -0.118. The SMILES string of the molecule is CCCCC1(C=O)CCC(c2ccc(-c3ccc(C4CCC(CCC)CC4)cc3)cc2)CC1. The summed E-state index contributed by atoms with van der Waals surface area (Å²) in [5, 5.41) is 0. The van der Waals surface area contributed by atoms with E-state index in [0.717, 1.165) is 43.9 Å². The van der Waals surface area contributed by atoms with E-state index in [0.29, 0.717) is 5.92 Å². The van der Waals surface area contributed by atoms with Crippen LogP contribution in [0, 0.1) is 11.3 Å². The number of hydrogen-bond acceptors (Lipinski definition) is 1. The Kier molecular flexibility index (Phi) is 8.45. The van der Waals surface area contributed by atoms with E-state index in [4.69, 9.17) is 0 Å². The van der Waals surface area contributed by atoms with Crippen molar-refractivity contribution >= 4 is 6.29 Å². The minimum absolute atomic E-state index is 0.0383. The molecule has 1 nitrogen and oxygen atoms in total. The predicted molar refractivity (Wildman–Crippen MR) is 141 cm³/mol. The Hall–Kier alpha value is -1.89. The molecule has 0 radical (unpaired) electrons. The molecular weight excluding hydrogens is 400 g/mol. The fourth-order valence-corrected chi connectivity index (χ4v) is 6.57. The highest BCUT2D eigenvalue weighted by molar-refractivity contribution is 5.64. The zero-order valence-corrected chi connectivity index (χ0v) is 21.0. The van der Waals surface area contributed by atoms with E-state index in [1.807, 2.05) is 0 Å². The van der Waals surface area contributed by atoms with Gasteiger partial charge < -0.3 is 4.79 Å². The summed E-state index contributed by atoms with van der Waals surface area (Å²) in [6.45, 7) is 4.54. The van der Waals surface area contributed by atoms with Crippen molar-refractivity contribution in [1.29, 1.82) is 0 Å². The van der Waals surface area contributed by atoms with Crippen molar-refractivity contribution in [3.05, 3.63) is 59.7 Å². The van der Waals surface area contributed by atoms with Gasteiger partial charge in [0.1, 0.15) is 6.29 Å². The Morgan fingerprint density at radius 2 is 1.24 bits per heavy atom. The van der Waals surface area contributed by atoms with E-state index >= 15 is 0 Å². The summed E-state index contributed by atoms with van der Waals surface area (Å²) >= 11 is 0. The summed E-state index contributed by atoms with van der Waals surface area (Å²) in [7, 11) is 0. The van der Waals surface area contributed by atoms with E-state index in [1.54, 1.807) is 0 Å².